The van der Waals surface area contributed by atoms with Crippen molar-refractivity contribution in [3.05, 3.63) is 65.3 Å². The summed E-state index contributed by atoms with van der Waals surface area (Å²) in [6.07, 6.45) is 8.81. The van der Waals surface area contributed by atoms with Gasteiger partial charge in [-0.1, -0.05) is 24.1 Å². The number of nitrogens with one attached hydrogen (secondary N) is 1. The van der Waals surface area contributed by atoms with Crippen molar-refractivity contribution >= 4 is 23.2 Å². The molecule has 3 aromatic rings. The molecule has 0 saturated heterocycles. The molecular weight excluding hydrogens is 339 g/mol. The molecule has 0 unspecified atom stereocenters. The largest absolute Gasteiger partial charge is 0.322 e. The molecule has 0 bridgehead atoms. The first-order chi connectivity index (χ1) is 12.2. The summed E-state index contributed by atoms with van der Waals surface area (Å²) in [5.41, 5.74) is 3.07. The third kappa shape index (κ3) is 3.46. The van der Waals surface area contributed by atoms with E-state index in [1.807, 2.05) is 24.4 Å². The summed E-state index contributed by atoms with van der Waals surface area (Å²) in [6, 6.07) is 9.07. The maximum atomic E-state index is 13.9. The first-order valence-corrected chi connectivity index (χ1v) is 8.57. The molecule has 0 aromatic carbocycles. The van der Waals surface area contributed by atoms with Gasteiger partial charge in [-0.25, -0.2) is 14.4 Å². The average Bonchev–Trinajstić information content (AvgIpc) is 2.57. The molecule has 0 radical (unpaired) electrons. The van der Waals surface area contributed by atoms with Crippen LogP contribution in [-0.4, -0.2) is 15.0 Å². The van der Waals surface area contributed by atoms with Crippen molar-refractivity contribution in [1.82, 2.24) is 15.0 Å². The van der Waals surface area contributed by atoms with Gasteiger partial charge in [-0.05, 0) is 48.6 Å². The monoisotopic (exact) mass is 354 g/mol. The number of halogens is 2. The lowest BCUT2D eigenvalue weighted by Crippen LogP contribution is -2.08. The van der Waals surface area contributed by atoms with Crippen LogP contribution < -0.4 is 5.32 Å². The van der Waals surface area contributed by atoms with Crippen LogP contribution in [0.15, 0.2) is 48.9 Å². The molecule has 4 rings (SSSR count). The Morgan fingerprint density at radius 1 is 1.04 bits per heavy atom. The SMILES string of the molecule is Fc1cc(Cl)cnc1Nc1cc(-c2ccc(C3CCC3)cn2)ccn1. The Hall–Kier alpha value is -2.53. The van der Waals surface area contributed by atoms with Crippen molar-refractivity contribution < 1.29 is 4.39 Å². The van der Waals surface area contributed by atoms with Gasteiger partial charge in [0.25, 0.3) is 0 Å². The van der Waals surface area contributed by atoms with Gasteiger partial charge in [0, 0.05) is 24.2 Å². The Labute approximate surface area is 150 Å². The molecule has 0 atom stereocenters. The Balaban J connectivity index is 1.56. The minimum Gasteiger partial charge on any atom is -0.322 e. The summed E-state index contributed by atoms with van der Waals surface area (Å²) in [7, 11) is 0. The van der Waals surface area contributed by atoms with Crippen LogP contribution in [0.3, 0.4) is 0 Å². The van der Waals surface area contributed by atoms with Crippen LogP contribution >= 0.6 is 11.6 Å². The van der Waals surface area contributed by atoms with E-state index in [9.17, 15) is 4.39 Å². The molecule has 1 fully saturated rings. The minimum atomic E-state index is -0.525. The van der Waals surface area contributed by atoms with Crippen LogP contribution in [0, 0.1) is 5.82 Å². The average molecular weight is 355 g/mol. The molecule has 3 heterocycles. The van der Waals surface area contributed by atoms with Crippen molar-refractivity contribution in [3.8, 4) is 11.3 Å². The third-order valence-corrected chi connectivity index (χ3v) is 4.68. The van der Waals surface area contributed by atoms with Crippen molar-refractivity contribution in [2.24, 2.45) is 0 Å². The molecule has 25 heavy (non-hydrogen) atoms. The highest BCUT2D eigenvalue weighted by molar-refractivity contribution is 6.30. The number of nitrogens with zero attached hydrogens (tertiary/aromatic N) is 3. The predicted molar refractivity (Wildman–Crippen MR) is 96.5 cm³/mol. The van der Waals surface area contributed by atoms with Crippen LogP contribution in [0.1, 0.15) is 30.7 Å². The smallest absolute Gasteiger partial charge is 0.167 e. The van der Waals surface area contributed by atoms with Crippen LogP contribution in [0.5, 0.6) is 0 Å². The normalized spacial score (nSPS) is 14.2. The lowest BCUT2D eigenvalue weighted by Gasteiger charge is -2.25. The minimum absolute atomic E-state index is 0.0855. The number of rotatable bonds is 4. The van der Waals surface area contributed by atoms with E-state index in [4.69, 9.17) is 11.6 Å². The van der Waals surface area contributed by atoms with E-state index < -0.39 is 5.82 Å². The molecular formula is C19H16ClFN4. The van der Waals surface area contributed by atoms with Gasteiger partial charge < -0.3 is 5.32 Å². The third-order valence-electron chi connectivity index (χ3n) is 4.47. The topological polar surface area (TPSA) is 50.7 Å². The summed E-state index contributed by atoms with van der Waals surface area (Å²) in [5.74, 6) is 0.719. The number of anilines is 2. The van der Waals surface area contributed by atoms with Crippen LogP contribution in [-0.2, 0) is 0 Å². The molecule has 1 aliphatic rings. The zero-order valence-corrected chi connectivity index (χ0v) is 14.2. The standard InChI is InChI=1S/C19H16ClFN4/c20-15-9-16(21)19(24-11-15)25-18-8-13(6-7-22-18)17-5-4-14(10-23-17)12-2-1-3-12/h4-12H,1-3H2,(H,22,24,25). The van der Waals surface area contributed by atoms with Crippen molar-refractivity contribution in [2.45, 2.75) is 25.2 Å². The van der Waals surface area contributed by atoms with Gasteiger partial charge in [0.2, 0.25) is 0 Å². The van der Waals surface area contributed by atoms with Gasteiger partial charge >= 0.3 is 0 Å². The maximum absolute atomic E-state index is 13.9. The molecule has 0 amide bonds. The molecule has 1 aliphatic carbocycles. The van der Waals surface area contributed by atoms with E-state index in [1.54, 1.807) is 6.20 Å². The number of pyridine rings is 3. The summed E-state index contributed by atoms with van der Waals surface area (Å²) in [5, 5.41) is 3.12. The van der Waals surface area contributed by atoms with E-state index in [-0.39, 0.29) is 10.8 Å². The fourth-order valence-electron chi connectivity index (χ4n) is 2.85. The van der Waals surface area contributed by atoms with E-state index in [2.05, 4.69) is 26.3 Å². The fraction of sp³-hybridized carbons (Fsp3) is 0.211. The summed E-state index contributed by atoms with van der Waals surface area (Å²) in [6.45, 7) is 0. The summed E-state index contributed by atoms with van der Waals surface area (Å²) < 4.78 is 13.9. The van der Waals surface area contributed by atoms with Gasteiger partial charge in [0.1, 0.15) is 5.82 Å². The van der Waals surface area contributed by atoms with Crippen molar-refractivity contribution in [1.29, 1.82) is 0 Å². The van der Waals surface area contributed by atoms with E-state index in [1.165, 1.54) is 37.1 Å². The second-order valence-corrected chi connectivity index (χ2v) is 6.58. The zero-order valence-electron chi connectivity index (χ0n) is 13.4. The highest BCUT2D eigenvalue weighted by Gasteiger charge is 2.19. The lowest BCUT2D eigenvalue weighted by molar-refractivity contribution is 0.419. The van der Waals surface area contributed by atoms with Crippen LogP contribution in [0.2, 0.25) is 5.02 Å². The van der Waals surface area contributed by atoms with Gasteiger partial charge in [-0.3, -0.25) is 4.98 Å². The number of hydrogen-bond donors (Lipinski definition) is 1. The molecule has 6 heteroatoms. The van der Waals surface area contributed by atoms with Gasteiger partial charge in [0.15, 0.2) is 11.6 Å². The van der Waals surface area contributed by atoms with E-state index in [0.717, 1.165) is 11.3 Å². The quantitative estimate of drug-likeness (QED) is 0.686. The second kappa shape index (κ2) is 6.76. The Morgan fingerprint density at radius 3 is 2.60 bits per heavy atom. The summed E-state index contributed by atoms with van der Waals surface area (Å²) in [4.78, 5) is 12.7. The maximum Gasteiger partial charge on any atom is 0.167 e. The van der Waals surface area contributed by atoms with Crippen molar-refractivity contribution in [3.63, 3.8) is 0 Å². The predicted octanol–water partition coefficient (Wildman–Crippen LogP) is 5.34. The Kier molecular flexibility index (Phi) is 4.32. The molecule has 1 N–H and O–H groups in total. The zero-order chi connectivity index (χ0) is 17.2. The lowest BCUT2D eigenvalue weighted by atomic mass is 9.81. The van der Waals surface area contributed by atoms with Gasteiger partial charge in [0.05, 0.1) is 10.7 Å². The Morgan fingerprint density at radius 2 is 1.92 bits per heavy atom. The number of hydrogen-bond acceptors (Lipinski definition) is 4. The first kappa shape index (κ1) is 16.0. The Bertz CT molecular complexity index is 894. The van der Waals surface area contributed by atoms with Crippen LogP contribution in [0.4, 0.5) is 16.0 Å². The molecule has 1 saturated carbocycles. The molecule has 3 aromatic heterocycles. The fourth-order valence-corrected chi connectivity index (χ4v) is 2.99. The first-order valence-electron chi connectivity index (χ1n) is 8.19. The molecule has 126 valence electrons. The second-order valence-electron chi connectivity index (χ2n) is 6.14. The van der Waals surface area contributed by atoms with Gasteiger partial charge in [-0.2, -0.15) is 0 Å². The van der Waals surface area contributed by atoms with E-state index >= 15 is 0 Å². The molecule has 0 aliphatic heterocycles. The number of aromatic nitrogens is 3. The van der Waals surface area contributed by atoms with Gasteiger partial charge in [-0.15, -0.1) is 0 Å². The molecule has 0 spiro atoms. The molecule has 4 nitrogen and oxygen atoms in total. The highest BCUT2D eigenvalue weighted by atomic mass is 35.5. The van der Waals surface area contributed by atoms with Crippen molar-refractivity contribution in [2.75, 3.05) is 5.32 Å². The van der Waals surface area contributed by atoms with Crippen LogP contribution in [0.25, 0.3) is 11.3 Å². The summed E-state index contributed by atoms with van der Waals surface area (Å²) >= 11 is 5.72. The highest BCUT2D eigenvalue weighted by Crippen LogP contribution is 2.36. The van der Waals surface area contributed by atoms with E-state index in [0.29, 0.717) is 11.7 Å².